The summed E-state index contributed by atoms with van der Waals surface area (Å²) in [6, 6.07) is 8.87. The number of carbonyl (C=O) groups is 2. The van der Waals surface area contributed by atoms with Crippen molar-refractivity contribution in [3.63, 3.8) is 0 Å². The SMILES string of the molecule is COc1cccc(N2CC(C(=O)Nc3cc(-n4ccnc4)ncn3)CC2=O)c1. The molecule has 1 saturated heterocycles. The molecule has 0 aliphatic carbocycles. The van der Waals surface area contributed by atoms with Gasteiger partial charge in [0.1, 0.15) is 30.0 Å². The van der Waals surface area contributed by atoms with Gasteiger partial charge < -0.3 is 15.0 Å². The molecule has 0 radical (unpaired) electrons. The van der Waals surface area contributed by atoms with Crippen molar-refractivity contribution in [1.82, 2.24) is 19.5 Å². The monoisotopic (exact) mass is 378 g/mol. The zero-order valence-corrected chi connectivity index (χ0v) is 15.1. The van der Waals surface area contributed by atoms with Gasteiger partial charge in [-0.05, 0) is 12.1 Å². The number of hydrogen-bond acceptors (Lipinski definition) is 6. The minimum absolute atomic E-state index is 0.102. The quantitative estimate of drug-likeness (QED) is 0.724. The Labute approximate surface area is 161 Å². The summed E-state index contributed by atoms with van der Waals surface area (Å²) in [5.74, 6) is 0.792. The second kappa shape index (κ2) is 7.47. The van der Waals surface area contributed by atoms with Crippen LogP contribution in [0.2, 0.25) is 0 Å². The summed E-state index contributed by atoms with van der Waals surface area (Å²) in [6.45, 7) is 0.303. The third-order valence-corrected chi connectivity index (χ3v) is 4.53. The van der Waals surface area contributed by atoms with Crippen LogP contribution in [0.25, 0.3) is 5.82 Å². The highest BCUT2D eigenvalue weighted by Crippen LogP contribution is 2.28. The molecule has 4 rings (SSSR count). The molecule has 1 aliphatic rings. The Bertz CT molecular complexity index is 1000. The molecule has 0 bridgehead atoms. The van der Waals surface area contributed by atoms with Crippen LogP contribution < -0.4 is 15.0 Å². The predicted octanol–water partition coefficient (Wildman–Crippen LogP) is 1.66. The van der Waals surface area contributed by atoms with Crippen LogP contribution in [0.3, 0.4) is 0 Å². The molecular formula is C19H18N6O3. The van der Waals surface area contributed by atoms with E-state index in [-0.39, 0.29) is 18.2 Å². The van der Waals surface area contributed by atoms with Crippen molar-refractivity contribution in [2.75, 3.05) is 23.9 Å². The van der Waals surface area contributed by atoms with E-state index in [1.807, 2.05) is 12.1 Å². The fraction of sp³-hybridized carbons (Fsp3) is 0.211. The van der Waals surface area contributed by atoms with Crippen molar-refractivity contribution >= 4 is 23.3 Å². The number of rotatable bonds is 5. The Hall–Kier alpha value is -3.75. The van der Waals surface area contributed by atoms with Gasteiger partial charge in [0.05, 0.1) is 13.0 Å². The van der Waals surface area contributed by atoms with E-state index in [9.17, 15) is 9.59 Å². The molecule has 9 nitrogen and oxygen atoms in total. The maximum absolute atomic E-state index is 12.7. The number of amides is 2. The molecule has 2 amide bonds. The Morgan fingerprint density at radius 2 is 2.18 bits per heavy atom. The van der Waals surface area contributed by atoms with Crippen molar-refractivity contribution in [2.24, 2.45) is 5.92 Å². The number of carbonyl (C=O) groups excluding carboxylic acids is 2. The normalized spacial score (nSPS) is 16.2. The first-order valence-electron chi connectivity index (χ1n) is 8.69. The first-order valence-corrected chi connectivity index (χ1v) is 8.69. The molecule has 28 heavy (non-hydrogen) atoms. The number of aromatic nitrogens is 4. The van der Waals surface area contributed by atoms with E-state index in [0.717, 1.165) is 0 Å². The summed E-state index contributed by atoms with van der Waals surface area (Å²) >= 11 is 0. The first-order chi connectivity index (χ1) is 13.6. The van der Waals surface area contributed by atoms with Crippen LogP contribution in [0.5, 0.6) is 5.75 Å². The lowest BCUT2D eigenvalue weighted by Crippen LogP contribution is -2.28. The van der Waals surface area contributed by atoms with Crippen molar-refractivity contribution in [1.29, 1.82) is 0 Å². The number of methoxy groups -OCH3 is 1. The summed E-state index contributed by atoms with van der Waals surface area (Å²) in [7, 11) is 1.57. The van der Waals surface area contributed by atoms with E-state index in [0.29, 0.717) is 29.6 Å². The summed E-state index contributed by atoms with van der Waals surface area (Å²) < 4.78 is 6.92. The van der Waals surface area contributed by atoms with Crippen LogP contribution >= 0.6 is 0 Å². The Morgan fingerprint density at radius 3 is 2.96 bits per heavy atom. The molecule has 3 heterocycles. The highest BCUT2D eigenvalue weighted by Gasteiger charge is 2.35. The molecule has 2 aromatic heterocycles. The lowest BCUT2D eigenvalue weighted by Gasteiger charge is -2.17. The van der Waals surface area contributed by atoms with E-state index >= 15 is 0 Å². The highest BCUT2D eigenvalue weighted by atomic mass is 16.5. The van der Waals surface area contributed by atoms with E-state index < -0.39 is 5.92 Å². The van der Waals surface area contributed by atoms with Gasteiger partial charge in [-0.25, -0.2) is 15.0 Å². The standard InChI is InChI=1S/C19H18N6O3/c1-28-15-4-2-3-14(8-15)25-10-13(7-18(25)26)19(27)23-16-9-17(22-11-21-16)24-6-5-20-12-24/h2-6,8-9,11-13H,7,10H2,1H3,(H,21,22,23,27). The second-order valence-corrected chi connectivity index (χ2v) is 6.33. The lowest BCUT2D eigenvalue weighted by molar-refractivity contribution is -0.122. The molecule has 9 heteroatoms. The summed E-state index contributed by atoms with van der Waals surface area (Å²) in [4.78, 5) is 38.9. The molecule has 1 atom stereocenters. The Morgan fingerprint density at radius 1 is 1.29 bits per heavy atom. The number of imidazole rings is 1. The van der Waals surface area contributed by atoms with E-state index in [1.54, 1.807) is 53.5 Å². The van der Waals surface area contributed by atoms with E-state index in [2.05, 4.69) is 20.3 Å². The molecular weight excluding hydrogens is 360 g/mol. The lowest BCUT2D eigenvalue weighted by atomic mass is 10.1. The second-order valence-electron chi connectivity index (χ2n) is 6.33. The summed E-state index contributed by atoms with van der Waals surface area (Å²) in [6.07, 6.45) is 6.50. The molecule has 1 N–H and O–H groups in total. The zero-order valence-electron chi connectivity index (χ0n) is 15.1. The van der Waals surface area contributed by atoms with Gasteiger partial charge >= 0.3 is 0 Å². The molecule has 1 aliphatic heterocycles. The molecule has 1 unspecified atom stereocenters. The van der Waals surface area contributed by atoms with Crippen molar-refractivity contribution < 1.29 is 14.3 Å². The van der Waals surface area contributed by atoms with Gasteiger partial charge in [0, 0.05) is 43.2 Å². The van der Waals surface area contributed by atoms with Crippen LogP contribution in [-0.2, 0) is 9.59 Å². The average molecular weight is 378 g/mol. The fourth-order valence-corrected chi connectivity index (χ4v) is 3.09. The molecule has 0 saturated carbocycles. The Kier molecular flexibility index (Phi) is 4.71. The number of benzene rings is 1. The van der Waals surface area contributed by atoms with E-state index in [1.165, 1.54) is 6.33 Å². The zero-order chi connectivity index (χ0) is 19.5. The molecule has 0 spiro atoms. The van der Waals surface area contributed by atoms with Crippen molar-refractivity contribution in [3.8, 4) is 11.6 Å². The van der Waals surface area contributed by atoms with Gasteiger partial charge in [-0.2, -0.15) is 0 Å². The summed E-state index contributed by atoms with van der Waals surface area (Å²) in [5, 5.41) is 2.77. The number of nitrogens with zero attached hydrogens (tertiary/aromatic N) is 5. The number of anilines is 2. The van der Waals surface area contributed by atoms with Crippen LogP contribution in [0.1, 0.15) is 6.42 Å². The number of nitrogens with one attached hydrogen (secondary N) is 1. The van der Waals surface area contributed by atoms with Crippen LogP contribution in [-0.4, -0.2) is 45.0 Å². The minimum atomic E-state index is -0.467. The fourth-order valence-electron chi connectivity index (χ4n) is 3.09. The molecule has 3 aromatic rings. The largest absolute Gasteiger partial charge is 0.497 e. The molecule has 142 valence electrons. The maximum atomic E-state index is 12.7. The van der Waals surface area contributed by atoms with Gasteiger partial charge in [0.15, 0.2) is 0 Å². The average Bonchev–Trinajstić information content (AvgIpc) is 3.38. The molecule has 1 aromatic carbocycles. The van der Waals surface area contributed by atoms with Gasteiger partial charge in [-0.15, -0.1) is 0 Å². The van der Waals surface area contributed by atoms with Gasteiger partial charge in [0.2, 0.25) is 11.8 Å². The smallest absolute Gasteiger partial charge is 0.230 e. The Balaban J connectivity index is 1.46. The third-order valence-electron chi connectivity index (χ3n) is 4.53. The van der Waals surface area contributed by atoms with Crippen LogP contribution in [0, 0.1) is 5.92 Å². The topological polar surface area (TPSA) is 102 Å². The van der Waals surface area contributed by atoms with Crippen molar-refractivity contribution in [2.45, 2.75) is 6.42 Å². The van der Waals surface area contributed by atoms with Gasteiger partial charge in [0.25, 0.3) is 0 Å². The summed E-state index contributed by atoms with van der Waals surface area (Å²) in [5.41, 5.74) is 0.712. The molecule has 1 fully saturated rings. The third kappa shape index (κ3) is 3.54. The van der Waals surface area contributed by atoms with Gasteiger partial charge in [-0.1, -0.05) is 6.07 Å². The minimum Gasteiger partial charge on any atom is -0.497 e. The number of ether oxygens (including phenoxy) is 1. The van der Waals surface area contributed by atoms with Crippen LogP contribution in [0.15, 0.2) is 55.4 Å². The highest BCUT2D eigenvalue weighted by molar-refractivity contribution is 6.03. The maximum Gasteiger partial charge on any atom is 0.230 e. The number of hydrogen-bond donors (Lipinski definition) is 1. The predicted molar refractivity (Wildman–Crippen MR) is 101 cm³/mol. The first kappa shape index (κ1) is 17.7. The van der Waals surface area contributed by atoms with Crippen LogP contribution in [0.4, 0.5) is 11.5 Å². The van der Waals surface area contributed by atoms with E-state index in [4.69, 9.17) is 4.74 Å². The van der Waals surface area contributed by atoms with Gasteiger partial charge in [-0.3, -0.25) is 14.2 Å². The van der Waals surface area contributed by atoms with Crippen molar-refractivity contribution in [3.05, 3.63) is 55.4 Å².